The van der Waals surface area contributed by atoms with Crippen molar-refractivity contribution in [3.05, 3.63) is 11.6 Å². The molecule has 1 aromatic heterocycles. The smallest absolute Gasteiger partial charge is 0.167 e. The Morgan fingerprint density at radius 3 is 3.14 bits per heavy atom. The van der Waals surface area contributed by atoms with Crippen molar-refractivity contribution in [2.45, 2.75) is 25.8 Å². The molecule has 3 N–H and O–H groups in total. The topological polar surface area (TPSA) is 76.8 Å². The van der Waals surface area contributed by atoms with Crippen molar-refractivity contribution >= 4 is 0 Å². The fourth-order valence-electron chi connectivity index (χ4n) is 1.62. The van der Waals surface area contributed by atoms with E-state index in [1.165, 1.54) is 0 Å². The molecule has 0 amide bonds. The van der Waals surface area contributed by atoms with Crippen LogP contribution in [-0.4, -0.2) is 28.4 Å². The molecule has 2 atom stereocenters. The van der Waals surface area contributed by atoms with Crippen LogP contribution in [-0.2, 0) is 11.2 Å². The van der Waals surface area contributed by atoms with E-state index in [1.54, 1.807) is 0 Å². The highest BCUT2D eigenvalue weighted by atomic mass is 16.5. The minimum Gasteiger partial charge on any atom is -0.381 e. The number of aromatic nitrogens is 3. The number of hydrogen-bond donors (Lipinski definition) is 2. The van der Waals surface area contributed by atoms with Crippen LogP contribution in [0.3, 0.4) is 0 Å². The molecule has 2 unspecified atom stereocenters. The van der Waals surface area contributed by atoms with Crippen molar-refractivity contribution in [3.8, 4) is 0 Å². The molecular formula is C9H16N4O. The second-order valence-electron chi connectivity index (χ2n) is 3.86. The van der Waals surface area contributed by atoms with Gasteiger partial charge in [-0.15, -0.1) is 0 Å². The van der Waals surface area contributed by atoms with Crippen LogP contribution < -0.4 is 5.73 Å². The first-order chi connectivity index (χ1) is 6.75. The number of nitrogens with one attached hydrogen (secondary N) is 1. The lowest BCUT2D eigenvalue weighted by Crippen LogP contribution is -2.08. The van der Waals surface area contributed by atoms with E-state index in [-0.39, 0.29) is 6.04 Å². The third-order valence-electron chi connectivity index (χ3n) is 2.46. The lowest BCUT2D eigenvalue weighted by atomic mass is 10.1. The summed E-state index contributed by atoms with van der Waals surface area (Å²) in [5.74, 6) is 2.20. The first-order valence-corrected chi connectivity index (χ1v) is 5.00. The Labute approximate surface area is 83.1 Å². The molecule has 1 saturated heterocycles. The maximum atomic E-state index is 5.67. The standard InChI is InChI=1S/C9H16N4O/c1-6(10)9-11-8(12-13-9)4-7-2-3-14-5-7/h6-7H,2-5,10H2,1H3,(H,11,12,13). The van der Waals surface area contributed by atoms with Crippen LogP contribution in [0.2, 0.25) is 0 Å². The summed E-state index contributed by atoms with van der Waals surface area (Å²) in [5, 5.41) is 6.97. The fraction of sp³-hybridized carbons (Fsp3) is 0.778. The van der Waals surface area contributed by atoms with Gasteiger partial charge in [-0.2, -0.15) is 5.10 Å². The minimum absolute atomic E-state index is 0.0974. The predicted octanol–water partition coefficient (Wildman–Crippen LogP) is 0.403. The molecule has 14 heavy (non-hydrogen) atoms. The minimum atomic E-state index is -0.0974. The van der Waals surface area contributed by atoms with Crippen LogP contribution in [0.5, 0.6) is 0 Å². The van der Waals surface area contributed by atoms with Gasteiger partial charge in [0.15, 0.2) is 5.82 Å². The van der Waals surface area contributed by atoms with Gasteiger partial charge in [-0.3, -0.25) is 5.10 Å². The molecule has 1 aliphatic heterocycles. The fourth-order valence-corrected chi connectivity index (χ4v) is 1.62. The highest BCUT2D eigenvalue weighted by Gasteiger charge is 2.18. The van der Waals surface area contributed by atoms with Crippen LogP contribution in [0.25, 0.3) is 0 Å². The van der Waals surface area contributed by atoms with Crippen molar-refractivity contribution in [2.75, 3.05) is 13.2 Å². The highest BCUT2D eigenvalue weighted by Crippen LogP contribution is 2.16. The summed E-state index contributed by atoms with van der Waals surface area (Å²) in [6.45, 7) is 3.60. The van der Waals surface area contributed by atoms with Gasteiger partial charge in [-0.25, -0.2) is 4.98 Å². The van der Waals surface area contributed by atoms with Gasteiger partial charge in [0.1, 0.15) is 5.82 Å². The van der Waals surface area contributed by atoms with E-state index in [1.807, 2.05) is 6.92 Å². The predicted molar refractivity (Wildman–Crippen MR) is 51.6 cm³/mol. The SMILES string of the molecule is CC(N)c1n[nH]c(CC2CCOC2)n1. The zero-order chi connectivity index (χ0) is 9.97. The molecule has 5 nitrogen and oxygen atoms in total. The van der Waals surface area contributed by atoms with Crippen molar-refractivity contribution < 1.29 is 4.74 Å². The van der Waals surface area contributed by atoms with E-state index in [9.17, 15) is 0 Å². The number of nitrogens with zero attached hydrogens (tertiary/aromatic N) is 2. The van der Waals surface area contributed by atoms with Gasteiger partial charge in [-0.05, 0) is 19.3 Å². The third-order valence-corrected chi connectivity index (χ3v) is 2.46. The molecule has 0 saturated carbocycles. The summed E-state index contributed by atoms with van der Waals surface area (Å²) in [6.07, 6.45) is 2.04. The first-order valence-electron chi connectivity index (χ1n) is 5.00. The normalized spacial score (nSPS) is 24.0. The Bertz CT molecular complexity index is 291. The zero-order valence-corrected chi connectivity index (χ0v) is 8.36. The maximum absolute atomic E-state index is 5.67. The van der Waals surface area contributed by atoms with Crippen molar-refractivity contribution in [3.63, 3.8) is 0 Å². The van der Waals surface area contributed by atoms with Crippen molar-refractivity contribution in [1.82, 2.24) is 15.2 Å². The summed E-state index contributed by atoms with van der Waals surface area (Å²) in [4.78, 5) is 4.33. The van der Waals surface area contributed by atoms with Gasteiger partial charge in [0.2, 0.25) is 0 Å². The molecule has 0 radical (unpaired) electrons. The van der Waals surface area contributed by atoms with Crippen LogP contribution >= 0.6 is 0 Å². The summed E-state index contributed by atoms with van der Waals surface area (Å²) in [5.41, 5.74) is 5.67. The molecule has 0 aromatic carbocycles. The van der Waals surface area contributed by atoms with E-state index < -0.39 is 0 Å². The van der Waals surface area contributed by atoms with Gasteiger partial charge < -0.3 is 10.5 Å². The number of rotatable bonds is 3. The van der Waals surface area contributed by atoms with E-state index in [2.05, 4.69) is 15.2 Å². The molecule has 78 valence electrons. The van der Waals surface area contributed by atoms with Crippen LogP contribution in [0.1, 0.15) is 31.0 Å². The molecule has 2 rings (SSSR count). The summed E-state index contributed by atoms with van der Waals surface area (Å²) < 4.78 is 5.30. The molecule has 5 heteroatoms. The lowest BCUT2D eigenvalue weighted by molar-refractivity contribution is 0.185. The van der Waals surface area contributed by atoms with E-state index in [0.717, 1.165) is 31.9 Å². The number of hydrogen-bond acceptors (Lipinski definition) is 4. The number of ether oxygens (including phenoxy) is 1. The summed E-state index contributed by atoms with van der Waals surface area (Å²) >= 11 is 0. The van der Waals surface area contributed by atoms with Crippen LogP contribution in [0.15, 0.2) is 0 Å². The zero-order valence-electron chi connectivity index (χ0n) is 8.36. The molecule has 1 aromatic rings. The van der Waals surface area contributed by atoms with Crippen molar-refractivity contribution in [2.24, 2.45) is 11.7 Å². The van der Waals surface area contributed by atoms with E-state index in [4.69, 9.17) is 10.5 Å². The Balaban J connectivity index is 1.95. The van der Waals surface area contributed by atoms with Crippen molar-refractivity contribution in [1.29, 1.82) is 0 Å². The quantitative estimate of drug-likeness (QED) is 0.733. The van der Waals surface area contributed by atoms with Gasteiger partial charge in [-0.1, -0.05) is 0 Å². The second kappa shape index (κ2) is 4.06. The van der Waals surface area contributed by atoms with Gasteiger partial charge in [0.05, 0.1) is 6.04 Å². The molecule has 0 aliphatic carbocycles. The second-order valence-corrected chi connectivity index (χ2v) is 3.86. The Morgan fingerprint density at radius 1 is 1.71 bits per heavy atom. The Morgan fingerprint density at radius 2 is 2.57 bits per heavy atom. The first kappa shape index (κ1) is 9.61. The summed E-state index contributed by atoms with van der Waals surface area (Å²) in [6, 6.07) is -0.0974. The van der Waals surface area contributed by atoms with Gasteiger partial charge in [0, 0.05) is 19.6 Å². The summed E-state index contributed by atoms with van der Waals surface area (Å²) in [7, 11) is 0. The maximum Gasteiger partial charge on any atom is 0.167 e. The number of nitrogens with two attached hydrogens (primary N) is 1. The van der Waals surface area contributed by atoms with E-state index in [0.29, 0.717) is 11.7 Å². The molecule has 0 spiro atoms. The largest absolute Gasteiger partial charge is 0.381 e. The number of H-pyrrole nitrogens is 1. The molecule has 2 heterocycles. The van der Waals surface area contributed by atoms with E-state index >= 15 is 0 Å². The van der Waals surface area contributed by atoms with Gasteiger partial charge in [0.25, 0.3) is 0 Å². The third kappa shape index (κ3) is 2.10. The van der Waals surface area contributed by atoms with Gasteiger partial charge >= 0.3 is 0 Å². The molecule has 0 bridgehead atoms. The Hall–Kier alpha value is -0.940. The van der Waals surface area contributed by atoms with Crippen LogP contribution in [0.4, 0.5) is 0 Å². The molecule has 1 aliphatic rings. The average molecular weight is 196 g/mol. The molecular weight excluding hydrogens is 180 g/mol. The highest BCUT2D eigenvalue weighted by molar-refractivity contribution is 4.95. The average Bonchev–Trinajstić information content (AvgIpc) is 2.75. The molecule has 1 fully saturated rings. The number of aromatic amines is 1. The lowest BCUT2D eigenvalue weighted by Gasteiger charge is -2.02. The Kier molecular flexibility index (Phi) is 2.79. The van der Waals surface area contributed by atoms with Crippen LogP contribution in [0, 0.1) is 5.92 Å². The monoisotopic (exact) mass is 196 g/mol.